The van der Waals surface area contributed by atoms with Gasteiger partial charge in [0.1, 0.15) is 17.5 Å². The Morgan fingerprint density at radius 1 is 1.29 bits per heavy atom. The number of carboxylic acid groups (broad SMARTS) is 1. The van der Waals surface area contributed by atoms with Crippen LogP contribution in [0.15, 0.2) is 47.4 Å². The van der Waals surface area contributed by atoms with E-state index in [4.69, 9.17) is 26.8 Å². The number of carbonyl (C=O) groups is 2. The number of carboxylic acids is 1. The van der Waals surface area contributed by atoms with Gasteiger partial charge < -0.3 is 14.6 Å². The summed E-state index contributed by atoms with van der Waals surface area (Å²) >= 11 is 6.12. The number of hydrogen-bond acceptors (Lipinski definition) is 8. The minimum absolute atomic E-state index is 0.0230. The molecule has 1 fully saturated rings. The molecule has 0 bridgehead atoms. The molecule has 3 rings (SSSR count). The minimum atomic E-state index is -1.16. The first-order chi connectivity index (χ1) is 14.8. The topological polar surface area (TPSA) is 119 Å². The number of amides is 1. The summed E-state index contributed by atoms with van der Waals surface area (Å²) in [5, 5.41) is 19.8. The number of rotatable bonds is 8. The average Bonchev–Trinajstić information content (AvgIpc) is 2.99. The first kappa shape index (κ1) is 22.2. The van der Waals surface area contributed by atoms with Crippen molar-refractivity contribution in [1.82, 2.24) is 4.90 Å². The van der Waals surface area contributed by atoms with E-state index in [0.29, 0.717) is 22.6 Å². The van der Waals surface area contributed by atoms with Crippen LogP contribution in [0.4, 0.5) is 5.69 Å². The van der Waals surface area contributed by atoms with Crippen LogP contribution in [0.1, 0.15) is 11.1 Å². The molecular formula is C20H16N2O7S2. The second-order valence-corrected chi connectivity index (χ2v) is 7.93. The van der Waals surface area contributed by atoms with Crippen LogP contribution in [-0.2, 0) is 16.2 Å². The summed E-state index contributed by atoms with van der Waals surface area (Å²) in [6.07, 6.45) is 1.56. The van der Waals surface area contributed by atoms with E-state index in [1.807, 2.05) is 0 Å². The molecule has 1 heterocycles. The Bertz CT molecular complexity index is 1080. The molecule has 0 saturated carbocycles. The van der Waals surface area contributed by atoms with Crippen LogP contribution in [0.25, 0.3) is 6.08 Å². The lowest BCUT2D eigenvalue weighted by molar-refractivity contribution is -0.384. The van der Waals surface area contributed by atoms with Crippen molar-refractivity contribution in [3.8, 4) is 11.5 Å². The normalized spacial score (nSPS) is 14.7. The third kappa shape index (κ3) is 5.19. The molecule has 1 N–H and O–H groups in total. The van der Waals surface area contributed by atoms with Crippen molar-refractivity contribution < 1.29 is 29.1 Å². The molecule has 0 atom stereocenters. The number of para-hydroxylation sites is 1. The van der Waals surface area contributed by atoms with Crippen molar-refractivity contribution in [2.75, 3.05) is 13.7 Å². The fraction of sp³-hybridized carbons (Fsp3) is 0.150. The zero-order valence-electron chi connectivity index (χ0n) is 16.1. The van der Waals surface area contributed by atoms with Gasteiger partial charge in [0.05, 0.1) is 16.9 Å². The third-order valence-corrected chi connectivity index (χ3v) is 5.59. The molecule has 1 amide bonds. The number of nitrogens with zero attached hydrogens (tertiary/aromatic N) is 2. The summed E-state index contributed by atoms with van der Waals surface area (Å²) < 4.78 is 11.4. The molecule has 31 heavy (non-hydrogen) atoms. The number of non-ortho nitro benzene ring substituents is 1. The molecule has 11 heteroatoms. The monoisotopic (exact) mass is 460 g/mol. The lowest BCUT2D eigenvalue weighted by Gasteiger charge is -2.14. The number of thiocarbonyl (C=S) groups is 1. The fourth-order valence-corrected chi connectivity index (χ4v) is 3.99. The van der Waals surface area contributed by atoms with E-state index in [9.17, 15) is 19.7 Å². The number of thioether (sulfide) groups is 1. The van der Waals surface area contributed by atoms with Crippen LogP contribution >= 0.6 is 24.0 Å². The lowest BCUT2D eigenvalue weighted by Crippen LogP contribution is -2.33. The van der Waals surface area contributed by atoms with Gasteiger partial charge in [-0.15, -0.1) is 0 Å². The fourth-order valence-electron chi connectivity index (χ4n) is 2.74. The quantitative estimate of drug-likeness (QED) is 0.273. The van der Waals surface area contributed by atoms with Gasteiger partial charge in [-0.25, -0.2) is 0 Å². The lowest BCUT2D eigenvalue weighted by atomic mass is 10.1. The number of ether oxygens (including phenoxy) is 2. The van der Waals surface area contributed by atoms with Crippen molar-refractivity contribution in [3.63, 3.8) is 0 Å². The van der Waals surface area contributed by atoms with Crippen molar-refractivity contribution >= 4 is 51.9 Å². The molecule has 1 saturated heterocycles. The molecule has 2 aromatic carbocycles. The van der Waals surface area contributed by atoms with Crippen LogP contribution in [0, 0.1) is 10.1 Å². The van der Waals surface area contributed by atoms with Gasteiger partial charge in [-0.05, 0) is 29.8 Å². The number of carbonyl (C=O) groups excluding carboxylic acids is 1. The number of hydrogen-bond donors (Lipinski definition) is 1. The highest BCUT2D eigenvalue weighted by atomic mass is 32.2. The number of nitro benzene ring substituents is 1. The first-order valence-corrected chi connectivity index (χ1v) is 10.0. The Hall–Kier alpha value is -3.44. The van der Waals surface area contributed by atoms with Crippen molar-refractivity contribution in [1.29, 1.82) is 0 Å². The molecule has 0 radical (unpaired) electrons. The maximum atomic E-state index is 12.5. The number of aliphatic carboxylic acids is 1. The van der Waals surface area contributed by atoms with Crippen LogP contribution in [0.5, 0.6) is 11.5 Å². The van der Waals surface area contributed by atoms with E-state index in [2.05, 4.69) is 0 Å². The summed E-state index contributed by atoms with van der Waals surface area (Å²) in [6, 6.07) is 11.1. The largest absolute Gasteiger partial charge is 0.493 e. The van der Waals surface area contributed by atoms with E-state index in [-0.39, 0.29) is 21.5 Å². The van der Waals surface area contributed by atoms with Crippen LogP contribution in [-0.4, -0.2) is 44.8 Å². The molecule has 160 valence electrons. The van der Waals surface area contributed by atoms with Gasteiger partial charge in [0.2, 0.25) is 0 Å². The molecule has 2 aromatic rings. The molecule has 0 aromatic heterocycles. The van der Waals surface area contributed by atoms with Gasteiger partial charge in [-0.1, -0.05) is 36.1 Å². The maximum Gasteiger partial charge on any atom is 0.323 e. The molecular weight excluding hydrogens is 444 g/mol. The molecule has 9 nitrogen and oxygen atoms in total. The Labute approximate surface area is 186 Å². The number of nitro groups is 1. The van der Waals surface area contributed by atoms with Crippen LogP contribution in [0.3, 0.4) is 0 Å². The van der Waals surface area contributed by atoms with Gasteiger partial charge in [0, 0.05) is 17.7 Å². The van der Waals surface area contributed by atoms with Gasteiger partial charge in [-0.3, -0.25) is 24.6 Å². The van der Waals surface area contributed by atoms with E-state index < -0.39 is 23.3 Å². The Morgan fingerprint density at radius 3 is 2.61 bits per heavy atom. The zero-order chi connectivity index (χ0) is 22.5. The predicted octanol–water partition coefficient (Wildman–Crippen LogP) is 3.47. The highest BCUT2D eigenvalue weighted by Gasteiger charge is 2.33. The molecule has 0 aliphatic carbocycles. The maximum absolute atomic E-state index is 12.5. The van der Waals surface area contributed by atoms with Crippen LogP contribution in [0.2, 0.25) is 0 Å². The summed E-state index contributed by atoms with van der Waals surface area (Å²) in [6.45, 7) is -0.400. The Morgan fingerprint density at radius 2 is 2.00 bits per heavy atom. The number of benzene rings is 2. The summed E-state index contributed by atoms with van der Waals surface area (Å²) in [5.41, 5.74) is 1.22. The van der Waals surface area contributed by atoms with E-state index >= 15 is 0 Å². The molecule has 1 aliphatic rings. The molecule has 0 spiro atoms. The van der Waals surface area contributed by atoms with Gasteiger partial charge in [0.25, 0.3) is 11.6 Å². The first-order valence-electron chi connectivity index (χ1n) is 8.80. The van der Waals surface area contributed by atoms with Gasteiger partial charge >= 0.3 is 5.97 Å². The Balaban J connectivity index is 1.86. The summed E-state index contributed by atoms with van der Waals surface area (Å²) in [7, 11) is 1.48. The zero-order valence-corrected chi connectivity index (χ0v) is 17.8. The highest BCUT2D eigenvalue weighted by Crippen LogP contribution is 2.37. The van der Waals surface area contributed by atoms with Crippen LogP contribution < -0.4 is 9.47 Å². The smallest absolute Gasteiger partial charge is 0.323 e. The van der Waals surface area contributed by atoms with Crippen molar-refractivity contribution in [3.05, 3.63) is 68.6 Å². The average molecular weight is 460 g/mol. The third-order valence-electron chi connectivity index (χ3n) is 4.21. The SMILES string of the molecule is COc1cccc(C=C2SC(=S)N(CC(=O)O)C2=O)c1OCc1ccc([N+](=O)[O-])cc1. The minimum Gasteiger partial charge on any atom is -0.493 e. The second-order valence-electron chi connectivity index (χ2n) is 6.25. The standard InChI is InChI=1S/C20H16N2O7S2/c1-28-15-4-2-3-13(9-16-19(25)21(10-17(23)24)20(30)31-16)18(15)29-11-12-5-7-14(8-6-12)22(26)27/h2-9H,10-11H2,1H3,(H,23,24). The Kier molecular flexibility index (Phi) is 6.88. The van der Waals surface area contributed by atoms with Gasteiger partial charge in [-0.2, -0.15) is 0 Å². The summed E-state index contributed by atoms with van der Waals surface area (Å²) in [4.78, 5) is 35.1. The van der Waals surface area contributed by atoms with Crippen molar-refractivity contribution in [2.24, 2.45) is 0 Å². The van der Waals surface area contributed by atoms with Crippen molar-refractivity contribution in [2.45, 2.75) is 6.61 Å². The van der Waals surface area contributed by atoms with E-state index in [1.165, 1.54) is 19.2 Å². The highest BCUT2D eigenvalue weighted by molar-refractivity contribution is 8.26. The predicted molar refractivity (Wildman–Crippen MR) is 118 cm³/mol. The number of methoxy groups -OCH3 is 1. The van der Waals surface area contributed by atoms with Gasteiger partial charge in [0.15, 0.2) is 11.5 Å². The van der Waals surface area contributed by atoms with E-state index in [0.717, 1.165) is 16.7 Å². The second kappa shape index (κ2) is 9.58. The summed E-state index contributed by atoms with van der Waals surface area (Å²) in [5.74, 6) is -0.865. The molecule has 1 aliphatic heterocycles. The molecule has 0 unspecified atom stereocenters. The van der Waals surface area contributed by atoms with E-state index in [1.54, 1.807) is 36.4 Å².